The summed E-state index contributed by atoms with van der Waals surface area (Å²) in [5, 5.41) is 0. The quantitative estimate of drug-likeness (QED) is 0.203. The second-order valence-corrected chi connectivity index (χ2v) is 9.87. The maximum Gasteiger partial charge on any atom is 0.314 e. The Hall–Kier alpha value is 0.260. The molecule has 1 N–H and O–H groups in total. The van der Waals surface area contributed by atoms with Gasteiger partial charge in [-0.3, -0.25) is 14.1 Å². The highest BCUT2D eigenvalue weighted by Gasteiger charge is 2.22. The minimum absolute atomic E-state index is 0.248. The third kappa shape index (κ3) is 8.09. The van der Waals surface area contributed by atoms with Crippen molar-refractivity contribution < 1.29 is 32.0 Å². The lowest BCUT2D eigenvalue weighted by Gasteiger charge is -2.13. The van der Waals surface area contributed by atoms with Crippen molar-refractivity contribution in [2.24, 2.45) is 5.92 Å². The molecule has 0 aliphatic rings. The first kappa shape index (κ1) is 22.3. The minimum atomic E-state index is -4.19. The Morgan fingerprint density at radius 1 is 1.21 bits per heavy atom. The van der Waals surface area contributed by atoms with E-state index in [0.717, 1.165) is 10.7 Å². The van der Waals surface area contributed by atoms with Gasteiger partial charge in [0.05, 0.1) is 19.5 Å². The van der Waals surface area contributed by atoms with Crippen LogP contribution in [0.2, 0.25) is 0 Å². The summed E-state index contributed by atoms with van der Waals surface area (Å²) >= 11 is 6.28. The molecule has 0 heterocycles. The summed E-state index contributed by atoms with van der Waals surface area (Å²) in [7, 11) is -4.19. The van der Waals surface area contributed by atoms with Crippen molar-refractivity contribution in [3.8, 4) is 5.75 Å². The second-order valence-electron chi connectivity index (χ2n) is 4.73. The molecule has 1 rings (SSSR count). The van der Waals surface area contributed by atoms with Gasteiger partial charge >= 0.3 is 11.9 Å². The van der Waals surface area contributed by atoms with Crippen LogP contribution in [0, 0.1) is 16.6 Å². The van der Waals surface area contributed by atoms with Gasteiger partial charge in [-0.25, -0.2) is 0 Å². The topological polar surface area (TPSA) is 107 Å². The summed E-state index contributed by atoms with van der Waals surface area (Å²) in [4.78, 5) is 23.7. The van der Waals surface area contributed by atoms with Gasteiger partial charge in [0.1, 0.15) is 12.4 Å². The molecule has 24 heavy (non-hydrogen) atoms. The van der Waals surface area contributed by atoms with Crippen molar-refractivity contribution in [1.82, 2.24) is 0 Å². The van der Waals surface area contributed by atoms with Crippen molar-refractivity contribution >= 4 is 89.8 Å². The van der Waals surface area contributed by atoms with Crippen LogP contribution in [-0.4, -0.2) is 37.3 Å². The van der Waals surface area contributed by atoms with Crippen LogP contribution in [-0.2, 0) is 24.4 Å². The summed E-state index contributed by atoms with van der Waals surface area (Å²) in [6.45, 7) is 1.05. The normalized spacial score (nSPS) is 12.5. The van der Waals surface area contributed by atoms with Gasteiger partial charge < -0.3 is 9.47 Å². The van der Waals surface area contributed by atoms with Crippen molar-refractivity contribution in [3.05, 3.63) is 22.8 Å². The summed E-state index contributed by atoms with van der Waals surface area (Å²) in [5.74, 6) is -2.33. The Kier molecular flexibility index (Phi) is 9.12. The highest BCUT2D eigenvalue weighted by atomic mass is 127. The Bertz CT molecular complexity index is 710. The van der Waals surface area contributed by atoms with Crippen molar-refractivity contribution in [1.29, 1.82) is 0 Å². The predicted molar refractivity (Wildman–Crippen MR) is 111 cm³/mol. The fourth-order valence-corrected chi connectivity index (χ4v) is 5.58. The van der Waals surface area contributed by atoms with Crippen LogP contribution in [0.3, 0.4) is 0 Å². The Balaban J connectivity index is 2.58. The molecule has 0 saturated heterocycles. The van der Waals surface area contributed by atoms with Crippen LogP contribution in [0.5, 0.6) is 5.75 Å². The largest absolute Gasteiger partial charge is 0.464 e. The number of esters is 2. The average molecular weight is 694 g/mol. The maximum atomic E-state index is 12.1. The van der Waals surface area contributed by atoms with E-state index >= 15 is 0 Å². The smallest absolute Gasteiger partial charge is 0.314 e. The maximum absolute atomic E-state index is 12.1. The fraction of sp³-hybridized carbons (Fsp3) is 0.385. The second kappa shape index (κ2) is 9.82. The lowest BCUT2D eigenvalue weighted by atomic mass is 10.1. The first-order chi connectivity index (χ1) is 11.0. The Labute approximate surface area is 180 Å². The molecule has 7 nitrogen and oxygen atoms in total. The van der Waals surface area contributed by atoms with E-state index in [-0.39, 0.29) is 6.42 Å². The van der Waals surface area contributed by atoms with E-state index < -0.39 is 40.3 Å². The molecule has 0 spiro atoms. The standard InChI is InChI=1S/C13H13I3O7S/c1-7(4-11(17)22-2-3-24(19,20)21)13(18)23-12-9(15)5-8(14)6-10(12)16/h5-7H,2-4H2,1H3,(H,19,20,21). The molecule has 11 heteroatoms. The summed E-state index contributed by atoms with van der Waals surface area (Å²) in [5.41, 5.74) is 0. The average Bonchev–Trinajstić information content (AvgIpc) is 2.40. The molecular formula is C13H13I3O7S. The molecule has 1 unspecified atom stereocenters. The molecule has 0 amide bonds. The number of carbonyl (C=O) groups is 2. The SMILES string of the molecule is CC(CC(=O)OCCS(=O)(=O)O)C(=O)Oc1c(I)cc(I)cc1I. The van der Waals surface area contributed by atoms with E-state index in [9.17, 15) is 18.0 Å². The third-order valence-corrected chi connectivity index (χ3v) is 5.55. The van der Waals surface area contributed by atoms with Gasteiger partial charge in [-0.2, -0.15) is 8.42 Å². The van der Waals surface area contributed by atoms with Gasteiger partial charge in [0.2, 0.25) is 0 Å². The number of ether oxygens (including phenoxy) is 2. The van der Waals surface area contributed by atoms with Gasteiger partial charge in [-0.1, -0.05) is 6.92 Å². The van der Waals surface area contributed by atoms with Crippen LogP contribution >= 0.6 is 67.8 Å². The lowest BCUT2D eigenvalue weighted by molar-refractivity contribution is -0.149. The van der Waals surface area contributed by atoms with E-state index in [4.69, 9.17) is 9.29 Å². The van der Waals surface area contributed by atoms with Gasteiger partial charge in [0.25, 0.3) is 10.1 Å². The van der Waals surface area contributed by atoms with E-state index in [1.165, 1.54) is 6.92 Å². The summed E-state index contributed by atoms with van der Waals surface area (Å²) < 4.78 is 42.2. The molecule has 0 aromatic heterocycles. The number of carbonyl (C=O) groups excluding carboxylic acids is 2. The number of halogens is 3. The van der Waals surface area contributed by atoms with E-state index in [1.54, 1.807) is 0 Å². The third-order valence-electron chi connectivity index (χ3n) is 2.65. The van der Waals surface area contributed by atoms with E-state index in [2.05, 4.69) is 72.5 Å². The van der Waals surface area contributed by atoms with E-state index in [0.29, 0.717) is 5.75 Å². The van der Waals surface area contributed by atoms with Crippen molar-refractivity contribution in [2.45, 2.75) is 13.3 Å². The molecule has 0 aliphatic carbocycles. The molecule has 1 atom stereocenters. The van der Waals surface area contributed by atoms with Crippen LogP contribution in [0.25, 0.3) is 0 Å². The van der Waals surface area contributed by atoms with Crippen molar-refractivity contribution in [3.63, 3.8) is 0 Å². The van der Waals surface area contributed by atoms with Gasteiger partial charge in [-0.05, 0) is 79.9 Å². The lowest BCUT2D eigenvalue weighted by Crippen LogP contribution is -2.23. The van der Waals surface area contributed by atoms with Gasteiger partial charge in [0.15, 0.2) is 5.75 Å². The highest BCUT2D eigenvalue weighted by Crippen LogP contribution is 2.30. The monoisotopic (exact) mass is 694 g/mol. The molecule has 0 bridgehead atoms. The zero-order valence-corrected chi connectivity index (χ0v) is 19.6. The Morgan fingerprint density at radius 2 is 1.75 bits per heavy atom. The van der Waals surface area contributed by atoms with E-state index in [1.807, 2.05) is 12.1 Å². The van der Waals surface area contributed by atoms with Crippen molar-refractivity contribution in [2.75, 3.05) is 12.4 Å². The number of hydrogen-bond acceptors (Lipinski definition) is 6. The predicted octanol–water partition coefficient (Wildman–Crippen LogP) is 2.86. The summed E-state index contributed by atoms with van der Waals surface area (Å²) in [6.07, 6.45) is -0.248. The Morgan fingerprint density at radius 3 is 2.25 bits per heavy atom. The van der Waals surface area contributed by atoms with Crippen LogP contribution in [0.15, 0.2) is 12.1 Å². The molecule has 0 fully saturated rings. The fourth-order valence-electron chi connectivity index (χ4n) is 1.48. The molecule has 1 aromatic carbocycles. The molecule has 0 saturated carbocycles. The van der Waals surface area contributed by atoms with Gasteiger partial charge in [0, 0.05) is 3.57 Å². The van der Waals surface area contributed by atoms with Crippen LogP contribution in [0.4, 0.5) is 0 Å². The molecule has 0 radical (unpaired) electrons. The van der Waals surface area contributed by atoms with Gasteiger partial charge in [-0.15, -0.1) is 0 Å². The first-order valence-corrected chi connectivity index (χ1v) is 11.3. The molecule has 134 valence electrons. The molecule has 1 aromatic rings. The highest BCUT2D eigenvalue weighted by molar-refractivity contribution is 14.1. The van der Waals surface area contributed by atoms with Crippen LogP contribution < -0.4 is 4.74 Å². The summed E-state index contributed by atoms with van der Waals surface area (Å²) in [6, 6.07) is 3.72. The number of hydrogen-bond donors (Lipinski definition) is 1. The number of rotatable bonds is 7. The number of benzene rings is 1. The minimum Gasteiger partial charge on any atom is -0.464 e. The molecular weight excluding hydrogens is 681 g/mol. The van der Waals surface area contributed by atoms with Crippen LogP contribution in [0.1, 0.15) is 13.3 Å². The molecule has 0 aliphatic heterocycles. The zero-order valence-electron chi connectivity index (χ0n) is 12.3. The first-order valence-electron chi connectivity index (χ1n) is 6.46. The zero-order chi connectivity index (χ0) is 18.5.